The first-order valence-corrected chi connectivity index (χ1v) is 6.64. The molecule has 0 bridgehead atoms. The third-order valence-electron chi connectivity index (χ3n) is 3.41. The number of anilines is 2. The van der Waals surface area contributed by atoms with Gasteiger partial charge in [-0.15, -0.1) is 0 Å². The van der Waals surface area contributed by atoms with Gasteiger partial charge in [0.15, 0.2) is 0 Å². The summed E-state index contributed by atoms with van der Waals surface area (Å²) in [6.45, 7) is 4.94. The second kappa shape index (κ2) is 5.05. The summed E-state index contributed by atoms with van der Waals surface area (Å²) in [5, 5.41) is 0.536. The van der Waals surface area contributed by atoms with Crippen molar-refractivity contribution < 1.29 is 0 Å². The minimum absolute atomic E-state index is 0.536. The van der Waals surface area contributed by atoms with Gasteiger partial charge in [-0.2, -0.15) is 0 Å². The number of hydrogen-bond acceptors (Lipinski definition) is 4. The van der Waals surface area contributed by atoms with Crippen LogP contribution in [-0.2, 0) is 0 Å². The van der Waals surface area contributed by atoms with Crippen molar-refractivity contribution in [3.05, 3.63) is 47.5 Å². The first-order valence-electron chi connectivity index (χ1n) is 6.26. The lowest BCUT2D eigenvalue weighted by Crippen LogP contribution is -2.25. The Balaban J connectivity index is 1.79. The number of halogens is 1. The molecule has 0 radical (unpaired) electrons. The van der Waals surface area contributed by atoms with Crippen molar-refractivity contribution in [2.75, 3.05) is 29.6 Å². The van der Waals surface area contributed by atoms with Crippen molar-refractivity contribution in [1.29, 1.82) is 0 Å². The highest BCUT2D eigenvalue weighted by atomic mass is 35.5. The predicted octanol–water partition coefficient (Wildman–Crippen LogP) is 2.72. The topological polar surface area (TPSA) is 32.3 Å². The smallest absolute Gasteiger partial charge is 0.131 e. The molecule has 1 fully saturated rings. The van der Waals surface area contributed by atoms with Crippen LogP contribution in [0.5, 0.6) is 0 Å². The van der Waals surface area contributed by atoms with Crippen LogP contribution in [0.1, 0.15) is 5.56 Å². The fourth-order valence-electron chi connectivity index (χ4n) is 2.37. The molecule has 98 valence electrons. The Morgan fingerprint density at radius 1 is 1.16 bits per heavy atom. The Morgan fingerprint density at radius 3 is 2.79 bits per heavy atom. The molecule has 0 aromatic carbocycles. The van der Waals surface area contributed by atoms with Crippen LogP contribution in [0.4, 0.5) is 11.4 Å². The van der Waals surface area contributed by atoms with Gasteiger partial charge in [0.2, 0.25) is 0 Å². The van der Waals surface area contributed by atoms with Gasteiger partial charge >= 0.3 is 0 Å². The van der Waals surface area contributed by atoms with E-state index in [1.807, 2.05) is 30.6 Å². The fraction of sp³-hybridized carbons (Fsp3) is 0.286. The van der Waals surface area contributed by atoms with Crippen molar-refractivity contribution >= 4 is 23.0 Å². The lowest BCUT2D eigenvalue weighted by atomic mass is 10.2. The molecule has 0 unspecified atom stereocenters. The van der Waals surface area contributed by atoms with Gasteiger partial charge in [0, 0.05) is 31.2 Å². The van der Waals surface area contributed by atoms with E-state index in [0.29, 0.717) is 5.15 Å². The largest absolute Gasteiger partial charge is 0.352 e. The average molecular weight is 275 g/mol. The summed E-state index contributed by atoms with van der Waals surface area (Å²) in [5.41, 5.74) is 3.57. The Morgan fingerprint density at radius 2 is 2.00 bits per heavy atom. The van der Waals surface area contributed by atoms with Crippen molar-refractivity contribution in [1.82, 2.24) is 9.97 Å². The maximum atomic E-state index is 5.94. The van der Waals surface area contributed by atoms with Gasteiger partial charge in [0.05, 0.1) is 18.6 Å². The highest BCUT2D eigenvalue weighted by molar-refractivity contribution is 6.29. The molecular weight excluding hydrogens is 260 g/mol. The monoisotopic (exact) mass is 274 g/mol. The SMILES string of the molecule is Cc1ccncc1N1CCN(c2ccnc(Cl)c2)C1. The molecule has 2 aromatic rings. The molecule has 0 spiro atoms. The lowest BCUT2D eigenvalue weighted by Gasteiger charge is -2.22. The van der Waals surface area contributed by atoms with Crippen LogP contribution in [0.25, 0.3) is 0 Å². The molecule has 3 heterocycles. The number of aromatic nitrogens is 2. The van der Waals surface area contributed by atoms with E-state index in [0.717, 1.165) is 25.4 Å². The maximum Gasteiger partial charge on any atom is 0.131 e. The maximum absolute atomic E-state index is 5.94. The Bertz CT molecular complexity index is 587. The Kier molecular flexibility index (Phi) is 3.25. The molecule has 0 saturated carbocycles. The van der Waals surface area contributed by atoms with E-state index in [-0.39, 0.29) is 0 Å². The van der Waals surface area contributed by atoms with E-state index >= 15 is 0 Å². The first kappa shape index (κ1) is 12.2. The number of aryl methyl sites for hydroxylation is 1. The van der Waals surface area contributed by atoms with Crippen LogP contribution in [0, 0.1) is 6.92 Å². The molecule has 4 nitrogen and oxygen atoms in total. The molecular formula is C14H15ClN4. The lowest BCUT2D eigenvalue weighted by molar-refractivity contribution is 0.938. The zero-order chi connectivity index (χ0) is 13.2. The minimum atomic E-state index is 0.536. The van der Waals surface area contributed by atoms with E-state index in [1.165, 1.54) is 11.3 Å². The third-order valence-corrected chi connectivity index (χ3v) is 3.62. The highest BCUT2D eigenvalue weighted by Gasteiger charge is 2.21. The van der Waals surface area contributed by atoms with Crippen LogP contribution in [0.3, 0.4) is 0 Å². The van der Waals surface area contributed by atoms with Crippen molar-refractivity contribution in [3.63, 3.8) is 0 Å². The van der Waals surface area contributed by atoms with Gasteiger partial charge in [-0.05, 0) is 30.7 Å². The molecule has 0 N–H and O–H groups in total. The van der Waals surface area contributed by atoms with Gasteiger partial charge in [-0.3, -0.25) is 4.98 Å². The number of nitrogens with zero attached hydrogens (tertiary/aromatic N) is 4. The van der Waals surface area contributed by atoms with Gasteiger partial charge in [-0.1, -0.05) is 11.6 Å². The molecule has 2 aromatic heterocycles. The summed E-state index contributed by atoms with van der Waals surface area (Å²) in [6, 6.07) is 5.94. The third kappa shape index (κ3) is 2.49. The Labute approximate surface area is 117 Å². The summed E-state index contributed by atoms with van der Waals surface area (Å²) < 4.78 is 0. The van der Waals surface area contributed by atoms with E-state index in [4.69, 9.17) is 11.6 Å². The van der Waals surface area contributed by atoms with Crippen LogP contribution in [0.2, 0.25) is 5.15 Å². The average Bonchev–Trinajstić information content (AvgIpc) is 2.89. The van der Waals surface area contributed by atoms with Gasteiger partial charge in [0.1, 0.15) is 5.15 Å². The van der Waals surface area contributed by atoms with E-state index in [2.05, 4.69) is 26.7 Å². The minimum Gasteiger partial charge on any atom is -0.352 e. The summed E-state index contributed by atoms with van der Waals surface area (Å²) in [6.07, 6.45) is 5.50. The molecule has 3 rings (SSSR count). The fourth-order valence-corrected chi connectivity index (χ4v) is 2.54. The van der Waals surface area contributed by atoms with Crippen LogP contribution in [-0.4, -0.2) is 29.7 Å². The molecule has 1 aliphatic rings. The van der Waals surface area contributed by atoms with Gasteiger partial charge in [0.25, 0.3) is 0 Å². The summed E-state index contributed by atoms with van der Waals surface area (Å²) in [7, 11) is 0. The van der Waals surface area contributed by atoms with Crippen LogP contribution in [0.15, 0.2) is 36.8 Å². The zero-order valence-electron chi connectivity index (χ0n) is 10.8. The predicted molar refractivity (Wildman–Crippen MR) is 77.8 cm³/mol. The molecule has 1 saturated heterocycles. The molecule has 0 atom stereocenters. The molecule has 5 heteroatoms. The number of rotatable bonds is 2. The standard InChI is InChI=1S/C14H15ClN4/c1-11-2-4-16-9-13(11)19-7-6-18(10-19)12-3-5-17-14(15)8-12/h2-5,8-9H,6-7,10H2,1H3. The second-order valence-corrected chi connectivity index (χ2v) is 5.05. The van der Waals surface area contributed by atoms with E-state index in [1.54, 1.807) is 6.20 Å². The Hall–Kier alpha value is -1.81. The summed E-state index contributed by atoms with van der Waals surface area (Å²) in [5.74, 6) is 0. The highest BCUT2D eigenvalue weighted by Crippen LogP contribution is 2.25. The number of hydrogen-bond donors (Lipinski definition) is 0. The quantitative estimate of drug-likeness (QED) is 0.788. The summed E-state index contributed by atoms with van der Waals surface area (Å²) in [4.78, 5) is 12.9. The zero-order valence-corrected chi connectivity index (χ0v) is 11.5. The normalized spacial score (nSPS) is 15.1. The van der Waals surface area contributed by atoms with Crippen molar-refractivity contribution in [2.24, 2.45) is 0 Å². The van der Waals surface area contributed by atoms with E-state index in [9.17, 15) is 0 Å². The molecule has 19 heavy (non-hydrogen) atoms. The van der Waals surface area contributed by atoms with Gasteiger partial charge < -0.3 is 9.80 Å². The first-order chi connectivity index (χ1) is 9.24. The van der Waals surface area contributed by atoms with Gasteiger partial charge in [-0.25, -0.2) is 4.98 Å². The van der Waals surface area contributed by atoms with Crippen LogP contribution >= 0.6 is 11.6 Å². The van der Waals surface area contributed by atoms with E-state index < -0.39 is 0 Å². The molecule has 1 aliphatic heterocycles. The summed E-state index contributed by atoms with van der Waals surface area (Å²) >= 11 is 5.94. The van der Waals surface area contributed by atoms with Crippen LogP contribution < -0.4 is 9.80 Å². The molecule has 0 amide bonds. The molecule has 0 aliphatic carbocycles. The van der Waals surface area contributed by atoms with Crippen molar-refractivity contribution in [3.8, 4) is 0 Å². The second-order valence-electron chi connectivity index (χ2n) is 4.67. The van der Waals surface area contributed by atoms with Crippen molar-refractivity contribution in [2.45, 2.75) is 6.92 Å². The number of pyridine rings is 2.